The molecule has 10 amide bonds. The predicted octanol–water partition coefficient (Wildman–Crippen LogP) is 1.70. The summed E-state index contributed by atoms with van der Waals surface area (Å²) < 4.78 is 36.5. The van der Waals surface area contributed by atoms with Crippen molar-refractivity contribution in [2.75, 3.05) is 40.5 Å². The third-order valence-corrected chi connectivity index (χ3v) is 22.2. The van der Waals surface area contributed by atoms with Crippen molar-refractivity contribution < 1.29 is 107 Å². The lowest BCUT2D eigenvalue weighted by molar-refractivity contribution is -0.277. The SMILES string of the molecule is CN[C@H](CC(C)C)C(=O)N[C@H]1C(=O)N[C@@H](CC(=O)NC(=O)NCCOCCOC)C(=O)N[C@H]2C(=O)N[C@H]3C(=O)N[C@H](C(=O)N[C@H](C(=O)NC4C5CC6CC(C5)CC4C6)c4cc(O)cc(C)c4-c4cc3ccc4O)[C@H](O)c3ccc(c(Cl)c3)Oc3cc2cc2c3O[C@@H]3O[C@H](C(N)c4cc(ccc4O2)[C@H]1O)[C@@H](O)[C@H](O)[C@H]3O. The number of hydrogen-bond acceptors (Lipinski definition) is 24. The van der Waals surface area contributed by atoms with Crippen LogP contribution in [-0.4, -0.2) is 190 Å². The fraction of sp³-hybridized carbons (Fsp3) is 0.487. The first kappa shape index (κ1) is 78.3. The number of benzene rings is 5. The summed E-state index contributed by atoms with van der Waals surface area (Å²) in [5, 5.41) is 110. The highest BCUT2D eigenvalue weighted by Gasteiger charge is 2.52. The van der Waals surface area contributed by atoms with Gasteiger partial charge in [-0.2, -0.15) is 0 Å². The van der Waals surface area contributed by atoms with Crippen LogP contribution in [-0.2, 0) is 52.6 Å². The van der Waals surface area contributed by atoms with E-state index in [4.69, 9.17) is 45.8 Å². The van der Waals surface area contributed by atoms with Crippen LogP contribution >= 0.6 is 11.6 Å². The molecule has 0 aromatic heterocycles. The minimum absolute atomic E-state index is 0.0306. The molecule has 110 heavy (non-hydrogen) atoms. The largest absolute Gasteiger partial charge is 0.508 e. The van der Waals surface area contributed by atoms with Gasteiger partial charge in [0, 0.05) is 30.8 Å². The number of fused-ring (bicyclic) bond motifs is 16. The number of amides is 10. The Morgan fingerprint density at radius 3 is 2.00 bits per heavy atom. The first-order valence-electron chi connectivity index (χ1n) is 36.6. The van der Waals surface area contributed by atoms with Crippen LogP contribution in [0.15, 0.2) is 78.9 Å². The molecule has 18 bridgehead atoms. The van der Waals surface area contributed by atoms with Gasteiger partial charge in [0.2, 0.25) is 59.3 Å². The molecule has 16 rings (SSSR count). The first-order valence-corrected chi connectivity index (χ1v) is 37.0. The number of carbonyl (C=O) groups is 9. The van der Waals surface area contributed by atoms with Crippen LogP contribution in [0.2, 0.25) is 5.02 Å². The molecule has 7 aliphatic heterocycles. The molecule has 1 unspecified atom stereocenters. The van der Waals surface area contributed by atoms with Crippen molar-refractivity contribution in [2.45, 2.75) is 163 Å². The molecule has 4 aliphatic carbocycles. The number of carbonyl (C=O) groups excluding carboxylic acids is 9. The Morgan fingerprint density at radius 2 is 1.32 bits per heavy atom. The summed E-state index contributed by atoms with van der Waals surface area (Å²) in [4.78, 5) is 137. The molecule has 5 aromatic carbocycles. The van der Waals surface area contributed by atoms with Gasteiger partial charge in [-0.15, -0.1) is 0 Å². The zero-order valence-corrected chi connectivity index (χ0v) is 61.4. The van der Waals surface area contributed by atoms with Crippen molar-refractivity contribution in [2.24, 2.45) is 35.3 Å². The van der Waals surface area contributed by atoms with Crippen molar-refractivity contribution in [3.63, 3.8) is 0 Å². The smallest absolute Gasteiger partial charge is 0.321 e. The maximum Gasteiger partial charge on any atom is 0.321 e. The van der Waals surface area contributed by atoms with Gasteiger partial charge in [0.15, 0.2) is 11.5 Å². The van der Waals surface area contributed by atoms with Gasteiger partial charge >= 0.3 is 6.03 Å². The number of ether oxygens (including phenoxy) is 6. The van der Waals surface area contributed by atoms with E-state index in [0.29, 0.717) is 11.8 Å². The van der Waals surface area contributed by atoms with Crippen molar-refractivity contribution in [1.82, 2.24) is 53.2 Å². The summed E-state index contributed by atoms with van der Waals surface area (Å²) in [7, 11) is 2.94. The van der Waals surface area contributed by atoms with E-state index in [2.05, 4.69) is 53.2 Å². The number of phenols is 2. The van der Waals surface area contributed by atoms with E-state index in [-0.39, 0.29) is 123 Å². The number of hydrogen-bond donors (Lipinski definition) is 18. The maximum atomic E-state index is 16.4. The number of aryl methyl sites for hydroxylation is 1. The monoisotopic (exact) mass is 1540 g/mol. The minimum Gasteiger partial charge on any atom is -0.508 e. The van der Waals surface area contributed by atoms with E-state index >= 15 is 28.8 Å². The second-order valence-corrected chi connectivity index (χ2v) is 30.3. The summed E-state index contributed by atoms with van der Waals surface area (Å²) in [5.74, 6) is -11.1. The van der Waals surface area contributed by atoms with Crippen LogP contribution in [0.25, 0.3) is 11.1 Å². The van der Waals surface area contributed by atoms with Crippen LogP contribution in [0, 0.1) is 36.5 Å². The molecule has 1 saturated heterocycles. The fourth-order valence-electron chi connectivity index (χ4n) is 16.7. The van der Waals surface area contributed by atoms with Crippen molar-refractivity contribution >= 4 is 64.9 Å². The third kappa shape index (κ3) is 16.2. The van der Waals surface area contributed by atoms with E-state index in [9.17, 15) is 50.1 Å². The number of aliphatic hydroxyl groups excluding tert-OH is 5. The molecule has 33 nitrogen and oxygen atoms in total. The summed E-state index contributed by atoms with van der Waals surface area (Å²) >= 11 is 7.17. The van der Waals surface area contributed by atoms with E-state index in [0.717, 1.165) is 44.2 Å². The quantitative estimate of drug-likeness (QED) is 0.0663. The number of phenolic OH excluding ortho intramolecular Hbond substituents is 2. The Labute approximate surface area is 635 Å². The average molecular weight is 1550 g/mol. The molecule has 5 aromatic rings. The van der Waals surface area contributed by atoms with Gasteiger partial charge in [0.05, 0.1) is 43.3 Å². The molecule has 34 heteroatoms. The molecule has 588 valence electrons. The molecule has 11 aliphatic rings. The summed E-state index contributed by atoms with van der Waals surface area (Å²) in [6.07, 6.45) is -10.5. The van der Waals surface area contributed by atoms with Crippen LogP contribution in [0.5, 0.6) is 40.2 Å². The molecular weight excluding hydrogens is 1450 g/mol. The van der Waals surface area contributed by atoms with Gasteiger partial charge < -0.3 is 118 Å². The lowest BCUT2D eigenvalue weighted by Gasteiger charge is -2.54. The standard InChI is InChI=1S/C76H90ClN11O22/c1-30(2)16-45(79-4)68(97)87-59-61(92)35-7-10-48-42(24-35)54(78)67-64(95)63(94)65(96)75(110-67)109-66-50(107-48)26-39-27-51(66)108-49-11-8-36(25-44(49)77)62(93)60-74(103)86-58(72(101)83-55-37-19-32-18-33(21-37)22-38(55)20-32)43-28-40(89)17-31(3)53(43)41-23-34(6-9-47(41)90)56(70(99)88-60)85-71(100)57(39)84-69(98)46(81-73(59)102)29-52(91)82-76(104)80-12-13-106-15-14-105-5/h6-11,17,23-28,30,32-33,37-38,45-46,54-65,67,75,79,89-90,92-96H,12-16,18-22,29,78H2,1-5H3,(H,81,102)(H,83,101)(H,84,98)(H,85,100)(H,86,103)(H,87,97)(H,88,99)(H2,80,82,91,104)/t32?,33?,37?,38?,45-,46+,54?,55?,56-,57-,58+,59-,60+,61-,62-,63+,64+,65-,67-,75-/m1/s1. The molecule has 4 saturated carbocycles. The highest BCUT2D eigenvalue weighted by molar-refractivity contribution is 6.32. The molecular formula is C76H90ClN11O22. The molecule has 5 fully saturated rings. The van der Waals surface area contributed by atoms with Crippen LogP contribution in [0.4, 0.5) is 4.79 Å². The Kier molecular flexibility index (Phi) is 23.3. The lowest BCUT2D eigenvalue weighted by atomic mass is 9.54. The highest BCUT2D eigenvalue weighted by Crippen LogP contribution is 2.55. The van der Waals surface area contributed by atoms with E-state index in [1.165, 1.54) is 80.9 Å². The highest BCUT2D eigenvalue weighted by atomic mass is 35.5. The minimum atomic E-state index is -2.29. The normalized spacial score (nSPS) is 29.7. The Balaban J connectivity index is 0.998. The zero-order valence-electron chi connectivity index (χ0n) is 60.6. The second-order valence-electron chi connectivity index (χ2n) is 29.9. The number of nitrogens with two attached hydrogens (primary N) is 1. The number of urea groups is 1. The lowest BCUT2D eigenvalue weighted by Crippen LogP contribution is -2.61. The molecule has 19 N–H and O–H groups in total. The van der Waals surface area contributed by atoms with Crippen LogP contribution in [0.3, 0.4) is 0 Å². The summed E-state index contributed by atoms with van der Waals surface area (Å²) in [5.41, 5.74) is 6.20. The predicted molar refractivity (Wildman–Crippen MR) is 387 cm³/mol. The number of imide groups is 1. The molecule has 0 spiro atoms. The van der Waals surface area contributed by atoms with Gasteiger partial charge in [-0.1, -0.05) is 43.6 Å². The van der Waals surface area contributed by atoms with E-state index in [1.807, 2.05) is 13.8 Å². The fourth-order valence-corrected chi connectivity index (χ4v) is 16.9. The van der Waals surface area contributed by atoms with E-state index in [1.54, 1.807) is 6.92 Å². The zero-order chi connectivity index (χ0) is 78.4. The van der Waals surface area contributed by atoms with Crippen LogP contribution in [0.1, 0.15) is 134 Å². The number of aliphatic hydroxyl groups is 5. The number of aromatic hydroxyl groups is 2. The number of nitrogens with one attached hydrogen (secondary N) is 10. The number of halogens is 1. The maximum absolute atomic E-state index is 16.4. The van der Waals surface area contributed by atoms with E-state index < -0.39 is 180 Å². The Morgan fingerprint density at radius 1 is 0.664 bits per heavy atom. The second kappa shape index (κ2) is 32.7. The molecule has 0 radical (unpaired) electrons. The molecule has 7 heterocycles. The summed E-state index contributed by atoms with van der Waals surface area (Å²) in [6, 6.07) is -0.622. The number of likely N-dealkylation sites (N-methyl/N-ethyl adjacent to an activating group) is 1. The first-order chi connectivity index (χ1) is 52.5. The van der Waals surface area contributed by atoms with Crippen LogP contribution < -0.4 is 73.1 Å². The van der Waals surface area contributed by atoms with Gasteiger partial charge in [0.25, 0.3) is 0 Å². The average Bonchev–Trinajstić information content (AvgIpc) is 0.760. The molecule has 15 atom stereocenters. The topological polar surface area (TPSA) is 497 Å². The number of rotatable bonds is 15. The number of methoxy groups -OCH3 is 1. The van der Waals surface area contributed by atoms with Crippen molar-refractivity contribution in [3.05, 3.63) is 123 Å². The third-order valence-electron chi connectivity index (χ3n) is 21.9. The van der Waals surface area contributed by atoms with Gasteiger partial charge in [0.1, 0.15) is 95.9 Å². The van der Waals surface area contributed by atoms with Gasteiger partial charge in [-0.25, -0.2) is 4.79 Å². The Hall–Kier alpha value is -9.78. The van der Waals surface area contributed by atoms with Crippen molar-refractivity contribution in [3.8, 4) is 51.4 Å². The van der Waals surface area contributed by atoms with Gasteiger partial charge in [-0.05, 0) is 182 Å². The van der Waals surface area contributed by atoms with Gasteiger partial charge in [-0.3, -0.25) is 43.7 Å². The Bertz CT molecular complexity index is 4410. The van der Waals surface area contributed by atoms with Crippen molar-refractivity contribution in [1.29, 1.82) is 0 Å². The summed E-state index contributed by atoms with van der Waals surface area (Å²) in [6.45, 7) is 5.45.